The maximum Gasteiger partial charge on any atom is 0.289 e. The van der Waals surface area contributed by atoms with Gasteiger partial charge in [0.1, 0.15) is 11.6 Å². The van der Waals surface area contributed by atoms with Crippen molar-refractivity contribution in [3.05, 3.63) is 89.6 Å². The van der Waals surface area contributed by atoms with E-state index in [-0.39, 0.29) is 5.91 Å². The molecule has 1 saturated heterocycles. The fourth-order valence-electron chi connectivity index (χ4n) is 4.31. The predicted molar refractivity (Wildman–Crippen MR) is 133 cm³/mol. The zero-order valence-electron chi connectivity index (χ0n) is 19.4. The van der Waals surface area contributed by atoms with E-state index in [1.54, 1.807) is 18.4 Å². The molecule has 0 aliphatic carbocycles. The summed E-state index contributed by atoms with van der Waals surface area (Å²) in [4.78, 5) is 26.6. The van der Waals surface area contributed by atoms with Gasteiger partial charge in [0, 0.05) is 38.1 Å². The molecule has 0 atom stereocenters. The first kappa shape index (κ1) is 22.1. The van der Waals surface area contributed by atoms with Crippen molar-refractivity contribution in [2.45, 2.75) is 26.4 Å². The molecule has 1 fully saturated rings. The number of nitrogens with zero attached hydrogens (tertiary/aromatic N) is 4. The minimum absolute atomic E-state index is 0.0450. The van der Waals surface area contributed by atoms with Crippen LogP contribution in [0.2, 0.25) is 0 Å². The van der Waals surface area contributed by atoms with Crippen LogP contribution in [-0.4, -0.2) is 51.9 Å². The molecule has 0 radical (unpaired) electrons. The Morgan fingerprint density at radius 2 is 1.82 bits per heavy atom. The van der Waals surface area contributed by atoms with Crippen molar-refractivity contribution in [3.8, 4) is 0 Å². The van der Waals surface area contributed by atoms with E-state index in [0.717, 1.165) is 48.6 Å². The molecule has 0 unspecified atom stereocenters. The van der Waals surface area contributed by atoms with Crippen LogP contribution in [0.3, 0.4) is 0 Å². The highest BCUT2D eigenvalue weighted by atomic mass is 16.3. The van der Waals surface area contributed by atoms with E-state index in [2.05, 4.69) is 47.5 Å². The van der Waals surface area contributed by atoms with E-state index < -0.39 is 0 Å². The summed E-state index contributed by atoms with van der Waals surface area (Å²) in [5.74, 6) is 1.99. The van der Waals surface area contributed by atoms with Gasteiger partial charge in [-0.1, -0.05) is 42.0 Å². The molecule has 2 aromatic carbocycles. The Hall–Kier alpha value is -3.71. The van der Waals surface area contributed by atoms with E-state index in [4.69, 9.17) is 14.4 Å². The Morgan fingerprint density at radius 1 is 0.971 bits per heavy atom. The Labute approximate surface area is 199 Å². The fraction of sp³-hybridized carbons (Fsp3) is 0.296. The summed E-state index contributed by atoms with van der Waals surface area (Å²) in [6.45, 7) is 6.49. The van der Waals surface area contributed by atoms with E-state index in [9.17, 15) is 4.79 Å². The highest BCUT2D eigenvalue weighted by Gasteiger charge is 2.22. The number of aromatic nitrogens is 2. The third kappa shape index (κ3) is 5.10. The first-order valence-corrected chi connectivity index (χ1v) is 11.8. The minimum Gasteiger partial charge on any atom is -0.459 e. The Balaban J connectivity index is 1.29. The lowest BCUT2D eigenvalue weighted by Gasteiger charge is -2.21. The molecule has 7 heteroatoms. The summed E-state index contributed by atoms with van der Waals surface area (Å²) in [6.07, 6.45) is 2.44. The monoisotopic (exact) mass is 455 g/mol. The first-order valence-electron chi connectivity index (χ1n) is 11.8. The minimum atomic E-state index is -0.0450. The van der Waals surface area contributed by atoms with Crippen molar-refractivity contribution >= 4 is 22.6 Å². The number of carbonyl (C=O) groups excluding carboxylic acids is 1. The molecule has 0 saturated carbocycles. The number of furan rings is 1. The highest BCUT2D eigenvalue weighted by Crippen LogP contribution is 2.22. The van der Waals surface area contributed by atoms with Gasteiger partial charge < -0.3 is 14.6 Å². The van der Waals surface area contributed by atoms with Crippen molar-refractivity contribution < 1.29 is 9.21 Å². The van der Waals surface area contributed by atoms with Gasteiger partial charge in [-0.2, -0.15) is 0 Å². The van der Waals surface area contributed by atoms with Gasteiger partial charge in [0.15, 0.2) is 5.76 Å². The Morgan fingerprint density at radius 3 is 2.65 bits per heavy atom. The lowest BCUT2D eigenvalue weighted by molar-refractivity contribution is 0.0729. The molecule has 0 spiro atoms. The second-order valence-electron chi connectivity index (χ2n) is 8.74. The van der Waals surface area contributed by atoms with E-state index in [1.807, 2.05) is 23.1 Å². The van der Waals surface area contributed by atoms with Gasteiger partial charge in [0.25, 0.3) is 5.91 Å². The SMILES string of the molecule is Cc1ccc(CNc2nc(CN3CCCN(C(=O)c4ccco4)CC3)nc3ccccc23)cc1. The third-order valence-corrected chi connectivity index (χ3v) is 6.20. The number of aryl methyl sites for hydroxylation is 1. The van der Waals surface area contributed by atoms with Crippen molar-refractivity contribution in [2.75, 3.05) is 31.5 Å². The van der Waals surface area contributed by atoms with Crippen molar-refractivity contribution in [3.63, 3.8) is 0 Å². The molecule has 4 aromatic rings. The number of para-hydroxylation sites is 1. The summed E-state index contributed by atoms with van der Waals surface area (Å²) in [7, 11) is 0. The average molecular weight is 456 g/mol. The van der Waals surface area contributed by atoms with Gasteiger partial charge in [0.05, 0.1) is 18.3 Å². The van der Waals surface area contributed by atoms with Crippen LogP contribution in [0.1, 0.15) is 33.9 Å². The summed E-state index contributed by atoms with van der Waals surface area (Å²) in [5, 5.41) is 4.54. The number of nitrogens with one attached hydrogen (secondary N) is 1. The molecular formula is C27H29N5O2. The molecule has 0 bridgehead atoms. The van der Waals surface area contributed by atoms with E-state index in [0.29, 0.717) is 25.4 Å². The largest absolute Gasteiger partial charge is 0.459 e. The predicted octanol–water partition coefficient (Wildman–Crippen LogP) is 4.49. The number of hydrogen-bond acceptors (Lipinski definition) is 6. The van der Waals surface area contributed by atoms with Crippen LogP contribution in [0.15, 0.2) is 71.3 Å². The zero-order valence-corrected chi connectivity index (χ0v) is 19.4. The van der Waals surface area contributed by atoms with Gasteiger partial charge in [-0.3, -0.25) is 9.69 Å². The summed E-state index contributed by atoms with van der Waals surface area (Å²) < 4.78 is 5.29. The number of benzene rings is 2. The summed E-state index contributed by atoms with van der Waals surface area (Å²) in [5.41, 5.74) is 3.40. The summed E-state index contributed by atoms with van der Waals surface area (Å²) >= 11 is 0. The van der Waals surface area contributed by atoms with Crippen molar-refractivity contribution in [2.24, 2.45) is 0 Å². The summed E-state index contributed by atoms with van der Waals surface area (Å²) in [6, 6.07) is 20.1. The second-order valence-corrected chi connectivity index (χ2v) is 8.74. The molecule has 1 amide bonds. The fourth-order valence-corrected chi connectivity index (χ4v) is 4.31. The normalized spacial score (nSPS) is 14.8. The molecule has 1 N–H and O–H groups in total. The number of hydrogen-bond donors (Lipinski definition) is 1. The molecule has 5 rings (SSSR count). The topological polar surface area (TPSA) is 74.5 Å². The average Bonchev–Trinajstić information content (AvgIpc) is 3.30. The molecular weight excluding hydrogens is 426 g/mol. The first-order chi connectivity index (χ1) is 16.7. The van der Waals surface area contributed by atoms with E-state index >= 15 is 0 Å². The van der Waals surface area contributed by atoms with Gasteiger partial charge in [0.2, 0.25) is 0 Å². The van der Waals surface area contributed by atoms with Crippen LogP contribution in [0.4, 0.5) is 5.82 Å². The Bertz CT molecular complexity index is 1250. The third-order valence-electron chi connectivity index (χ3n) is 6.20. The van der Waals surface area contributed by atoms with Crippen LogP contribution in [0.5, 0.6) is 0 Å². The molecule has 1 aliphatic heterocycles. The zero-order chi connectivity index (χ0) is 23.3. The van der Waals surface area contributed by atoms with Crippen LogP contribution >= 0.6 is 0 Å². The lowest BCUT2D eigenvalue weighted by atomic mass is 10.1. The Kier molecular flexibility index (Phi) is 6.53. The van der Waals surface area contributed by atoms with Crippen LogP contribution < -0.4 is 5.32 Å². The maximum atomic E-state index is 12.7. The quantitative estimate of drug-likeness (QED) is 0.462. The number of anilines is 1. The molecule has 3 heterocycles. The molecule has 34 heavy (non-hydrogen) atoms. The standard InChI is InChI=1S/C27H29N5O2/c1-20-9-11-21(12-10-20)18-28-26-22-6-2-3-7-23(22)29-25(30-26)19-31-13-5-14-32(16-15-31)27(33)24-8-4-17-34-24/h2-4,6-12,17H,5,13-16,18-19H2,1H3,(H,28,29,30). The molecule has 174 valence electrons. The number of rotatable bonds is 6. The second kappa shape index (κ2) is 10.1. The van der Waals surface area contributed by atoms with Gasteiger partial charge in [-0.05, 0) is 43.2 Å². The smallest absolute Gasteiger partial charge is 0.289 e. The van der Waals surface area contributed by atoms with E-state index in [1.165, 1.54) is 11.1 Å². The van der Waals surface area contributed by atoms with Crippen LogP contribution in [-0.2, 0) is 13.1 Å². The van der Waals surface area contributed by atoms with Crippen LogP contribution in [0.25, 0.3) is 10.9 Å². The van der Waals surface area contributed by atoms with Crippen LogP contribution in [0, 0.1) is 6.92 Å². The molecule has 1 aliphatic rings. The number of amides is 1. The number of carbonyl (C=O) groups is 1. The molecule has 2 aromatic heterocycles. The van der Waals surface area contributed by atoms with Crippen molar-refractivity contribution in [1.82, 2.24) is 19.8 Å². The number of fused-ring (bicyclic) bond motifs is 1. The van der Waals surface area contributed by atoms with Crippen molar-refractivity contribution in [1.29, 1.82) is 0 Å². The van der Waals surface area contributed by atoms with Gasteiger partial charge in [-0.25, -0.2) is 9.97 Å². The highest BCUT2D eigenvalue weighted by molar-refractivity contribution is 5.91. The maximum absolute atomic E-state index is 12.7. The van der Waals surface area contributed by atoms with Gasteiger partial charge >= 0.3 is 0 Å². The van der Waals surface area contributed by atoms with Gasteiger partial charge in [-0.15, -0.1) is 0 Å². The lowest BCUT2D eigenvalue weighted by Crippen LogP contribution is -2.35. The molecule has 7 nitrogen and oxygen atoms in total.